The molecule has 1 aromatic carbocycles. The van der Waals surface area contributed by atoms with Crippen molar-refractivity contribution in [2.75, 3.05) is 4.90 Å². The molecule has 162 valence electrons. The summed E-state index contributed by atoms with van der Waals surface area (Å²) in [5, 5.41) is 0. The van der Waals surface area contributed by atoms with E-state index in [4.69, 9.17) is 4.74 Å². The van der Waals surface area contributed by atoms with Crippen LogP contribution >= 0.6 is 31.9 Å². The van der Waals surface area contributed by atoms with E-state index >= 15 is 0 Å². The first kappa shape index (κ1) is 22.0. The third kappa shape index (κ3) is 3.88. The molecule has 2 aliphatic carbocycles. The lowest BCUT2D eigenvalue weighted by molar-refractivity contribution is -0.134. The predicted octanol–water partition coefficient (Wildman–Crippen LogP) is 5.23. The highest BCUT2D eigenvalue weighted by molar-refractivity contribution is 9.12. The molecule has 0 radical (unpaired) electrons. The first-order chi connectivity index (χ1) is 14.4. The number of benzene rings is 1. The Hall–Kier alpha value is -1.21. The number of carbonyl (C=O) groups is 3. The molecule has 3 fully saturated rings. The topological polar surface area (TPSA) is 63.7 Å². The molecule has 7 heteroatoms. The number of carbonyl (C=O) groups excluding carboxylic acids is 3. The van der Waals surface area contributed by atoms with E-state index < -0.39 is 0 Å². The smallest absolute Gasteiger partial charge is 0.311 e. The first-order valence-electron chi connectivity index (χ1n) is 10.9. The summed E-state index contributed by atoms with van der Waals surface area (Å²) in [6.45, 7) is 2.16. The Morgan fingerprint density at radius 3 is 2.30 bits per heavy atom. The van der Waals surface area contributed by atoms with E-state index in [1.54, 1.807) is 24.3 Å². The van der Waals surface area contributed by atoms with Crippen molar-refractivity contribution in [3.63, 3.8) is 0 Å². The van der Waals surface area contributed by atoms with Gasteiger partial charge in [0.25, 0.3) is 0 Å². The molecule has 2 saturated carbocycles. The van der Waals surface area contributed by atoms with Gasteiger partial charge in [-0.25, -0.2) is 4.90 Å². The lowest BCUT2D eigenvalue weighted by atomic mass is 9.81. The summed E-state index contributed by atoms with van der Waals surface area (Å²) >= 11 is 7.41. The number of alkyl halides is 2. The highest BCUT2D eigenvalue weighted by Crippen LogP contribution is 2.60. The molecule has 1 heterocycles. The Morgan fingerprint density at radius 1 is 1.03 bits per heavy atom. The molecule has 4 rings (SSSR count). The quantitative estimate of drug-likeness (QED) is 0.149. The fourth-order valence-electron chi connectivity index (χ4n) is 5.34. The van der Waals surface area contributed by atoms with Gasteiger partial charge in [-0.3, -0.25) is 14.4 Å². The van der Waals surface area contributed by atoms with Crippen LogP contribution in [-0.2, 0) is 14.4 Å². The fourth-order valence-corrected chi connectivity index (χ4v) is 7.22. The number of fused-ring (bicyclic) bond motifs is 5. The summed E-state index contributed by atoms with van der Waals surface area (Å²) in [5.74, 6) is -0.295. The number of rotatable bonds is 8. The second kappa shape index (κ2) is 9.11. The zero-order chi connectivity index (χ0) is 21.4. The zero-order valence-electron chi connectivity index (χ0n) is 17.1. The number of amides is 2. The Labute approximate surface area is 194 Å². The average Bonchev–Trinajstić information content (AvgIpc) is 3.33. The number of halogens is 2. The van der Waals surface area contributed by atoms with Crippen LogP contribution in [0.15, 0.2) is 24.3 Å². The molecule has 30 heavy (non-hydrogen) atoms. The zero-order valence-corrected chi connectivity index (χ0v) is 20.2. The molecule has 2 amide bonds. The molecule has 3 aliphatic rings. The Kier molecular flexibility index (Phi) is 6.68. The van der Waals surface area contributed by atoms with E-state index in [-0.39, 0.29) is 51.1 Å². The van der Waals surface area contributed by atoms with E-state index in [0.29, 0.717) is 17.9 Å². The van der Waals surface area contributed by atoms with Crippen LogP contribution < -0.4 is 9.64 Å². The van der Waals surface area contributed by atoms with Crippen LogP contribution in [0.5, 0.6) is 5.75 Å². The van der Waals surface area contributed by atoms with Crippen molar-refractivity contribution >= 4 is 55.3 Å². The molecular formula is C23H27Br2NO4. The number of hydrogen-bond acceptors (Lipinski definition) is 4. The molecule has 0 spiro atoms. The number of imide groups is 1. The summed E-state index contributed by atoms with van der Waals surface area (Å²) in [6, 6.07) is 6.78. The van der Waals surface area contributed by atoms with Crippen LogP contribution in [-0.4, -0.2) is 27.4 Å². The maximum atomic E-state index is 13.2. The molecule has 0 N–H and O–H groups in total. The van der Waals surface area contributed by atoms with Gasteiger partial charge in [-0.1, -0.05) is 70.5 Å². The van der Waals surface area contributed by atoms with E-state index in [0.717, 1.165) is 25.7 Å². The Morgan fingerprint density at radius 2 is 1.67 bits per heavy atom. The third-order valence-corrected chi connectivity index (χ3v) is 9.99. The number of esters is 1. The molecule has 0 aromatic heterocycles. The Balaban J connectivity index is 1.43. The standard InChI is InChI=1S/C23H27Br2NO4/c1-2-3-4-5-6-10-17(27)30-14-9-7-8-13(11-14)26-22(28)18-15-12-16(19(18)23(26)29)21(25)20(15)24/h7-9,11,15-16,18-21H,2-6,10,12H2,1H3/t15-,16-,18-,19-,20-,21+/m1/s1. The van der Waals surface area contributed by atoms with Crippen LogP contribution in [0.4, 0.5) is 5.69 Å². The average molecular weight is 541 g/mol. The molecule has 5 nitrogen and oxygen atoms in total. The fraction of sp³-hybridized carbons (Fsp3) is 0.609. The summed E-state index contributed by atoms with van der Waals surface area (Å²) < 4.78 is 5.47. The maximum absolute atomic E-state index is 13.2. The lowest BCUT2D eigenvalue weighted by Crippen LogP contribution is -2.37. The minimum atomic E-state index is -0.276. The van der Waals surface area contributed by atoms with Crippen LogP contribution in [0.3, 0.4) is 0 Å². The minimum absolute atomic E-state index is 0.124. The van der Waals surface area contributed by atoms with E-state index in [1.165, 1.54) is 17.7 Å². The van der Waals surface area contributed by atoms with E-state index in [2.05, 4.69) is 38.8 Å². The monoisotopic (exact) mass is 539 g/mol. The molecule has 1 saturated heterocycles. The SMILES string of the molecule is CCCCCCCC(=O)Oc1cccc(N2C(=O)[C@@H]3[C@H]4C[C@@H]([C@@H](Br)[C@H]4Br)[C@H]3C2=O)c1. The largest absolute Gasteiger partial charge is 0.426 e. The van der Waals surface area contributed by atoms with Gasteiger partial charge < -0.3 is 4.74 Å². The van der Waals surface area contributed by atoms with Gasteiger partial charge in [-0.2, -0.15) is 0 Å². The van der Waals surface area contributed by atoms with E-state index in [9.17, 15) is 14.4 Å². The molecular weight excluding hydrogens is 514 g/mol. The predicted molar refractivity (Wildman–Crippen MR) is 122 cm³/mol. The molecule has 2 bridgehead atoms. The Bertz CT molecular complexity index is 812. The van der Waals surface area contributed by atoms with Crippen LogP contribution in [0.2, 0.25) is 0 Å². The van der Waals surface area contributed by atoms with Crippen molar-refractivity contribution in [1.29, 1.82) is 0 Å². The van der Waals surface area contributed by atoms with Crippen LogP contribution in [0.1, 0.15) is 51.9 Å². The maximum Gasteiger partial charge on any atom is 0.311 e. The highest BCUT2D eigenvalue weighted by Gasteiger charge is 2.66. The number of ether oxygens (including phenoxy) is 1. The minimum Gasteiger partial charge on any atom is -0.426 e. The van der Waals surface area contributed by atoms with Gasteiger partial charge in [0.15, 0.2) is 0 Å². The number of unbranched alkanes of at least 4 members (excludes halogenated alkanes) is 4. The summed E-state index contributed by atoms with van der Waals surface area (Å²) in [5.41, 5.74) is 0.490. The van der Waals surface area contributed by atoms with Crippen molar-refractivity contribution in [3.8, 4) is 5.75 Å². The van der Waals surface area contributed by atoms with Crippen LogP contribution in [0, 0.1) is 23.7 Å². The normalized spacial score (nSPS) is 32.0. The van der Waals surface area contributed by atoms with Gasteiger partial charge >= 0.3 is 5.97 Å². The summed E-state index contributed by atoms with van der Waals surface area (Å²) in [6.07, 6.45) is 6.60. The summed E-state index contributed by atoms with van der Waals surface area (Å²) in [4.78, 5) is 40.2. The lowest BCUT2D eigenvalue weighted by Gasteiger charge is -2.28. The van der Waals surface area contributed by atoms with Gasteiger partial charge in [-0.05, 0) is 36.8 Å². The number of hydrogen-bond donors (Lipinski definition) is 0. The van der Waals surface area contributed by atoms with E-state index in [1.807, 2.05) is 0 Å². The third-order valence-electron chi connectivity index (χ3n) is 6.78. The van der Waals surface area contributed by atoms with Crippen molar-refractivity contribution < 1.29 is 19.1 Å². The molecule has 1 aliphatic heterocycles. The second-order valence-electron chi connectivity index (χ2n) is 8.65. The van der Waals surface area contributed by atoms with Gasteiger partial charge in [0, 0.05) is 22.1 Å². The van der Waals surface area contributed by atoms with Gasteiger partial charge in [0.2, 0.25) is 11.8 Å². The van der Waals surface area contributed by atoms with Gasteiger partial charge in [0.05, 0.1) is 17.5 Å². The van der Waals surface area contributed by atoms with Gasteiger partial charge in [-0.15, -0.1) is 0 Å². The molecule has 0 unspecified atom stereocenters. The van der Waals surface area contributed by atoms with Gasteiger partial charge in [0.1, 0.15) is 5.75 Å². The summed E-state index contributed by atoms with van der Waals surface area (Å²) in [7, 11) is 0. The van der Waals surface area contributed by atoms with Crippen molar-refractivity contribution in [3.05, 3.63) is 24.3 Å². The second-order valence-corrected chi connectivity index (χ2v) is 10.8. The first-order valence-corrected chi connectivity index (χ1v) is 12.7. The number of anilines is 1. The number of nitrogens with zero attached hydrogens (tertiary/aromatic N) is 1. The highest BCUT2D eigenvalue weighted by atomic mass is 79.9. The van der Waals surface area contributed by atoms with Crippen molar-refractivity contribution in [1.82, 2.24) is 0 Å². The molecule has 1 aromatic rings. The van der Waals surface area contributed by atoms with Crippen molar-refractivity contribution in [2.24, 2.45) is 23.7 Å². The molecule has 6 atom stereocenters. The van der Waals surface area contributed by atoms with Crippen LogP contribution in [0.25, 0.3) is 0 Å². The van der Waals surface area contributed by atoms with Crippen molar-refractivity contribution in [2.45, 2.75) is 61.5 Å².